The summed E-state index contributed by atoms with van der Waals surface area (Å²) in [7, 11) is -1.22. The van der Waals surface area contributed by atoms with Gasteiger partial charge in [0.15, 0.2) is 0 Å². The molecule has 3 N–H and O–H groups in total. The Labute approximate surface area is 130 Å². The van der Waals surface area contributed by atoms with Crippen molar-refractivity contribution in [3.63, 3.8) is 0 Å². The van der Waals surface area contributed by atoms with Gasteiger partial charge in [-0.15, -0.1) is 0 Å². The van der Waals surface area contributed by atoms with Crippen LogP contribution in [0.25, 0.3) is 0 Å². The average molecular weight is 317 g/mol. The van der Waals surface area contributed by atoms with Crippen molar-refractivity contribution in [2.45, 2.75) is 77.3 Å². The van der Waals surface area contributed by atoms with Gasteiger partial charge in [-0.05, 0) is 18.9 Å². The topological polar surface area (TPSA) is 81.4 Å². The Morgan fingerprint density at radius 1 is 1.14 bits per heavy atom. The second-order valence-corrected chi connectivity index (χ2v) is 12.3. The van der Waals surface area contributed by atoms with E-state index in [-0.39, 0.29) is 11.9 Å². The molecule has 0 radical (unpaired) electrons. The molecule has 2 atom stereocenters. The Balaban J connectivity index is 4.39. The van der Waals surface area contributed by atoms with E-state index in [4.69, 9.17) is 10.5 Å². The molecule has 0 heterocycles. The fourth-order valence-corrected chi connectivity index (χ4v) is 2.53. The number of ether oxygens (including phenoxy) is 1. The van der Waals surface area contributed by atoms with Crippen molar-refractivity contribution in [1.82, 2.24) is 5.32 Å². The first-order valence-electron chi connectivity index (χ1n) is 7.93. The minimum absolute atomic E-state index is 0.266. The van der Waals surface area contributed by atoms with Crippen molar-refractivity contribution < 1.29 is 14.3 Å². The van der Waals surface area contributed by atoms with E-state index in [1.165, 1.54) is 0 Å². The van der Waals surface area contributed by atoms with Gasteiger partial charge in [0, 0.05) is 8.07 Å². The van der Waals surface area contributed by atoms with Gasteiger partial charge >= 0.3 is 5.97 Å². The van der Waals surface area contributed by atoms with Crippen LogP contribution in [0.3, 0.4) is 0 Å². The summed E-state index contributed by atoms with van der Waals surface area (Å²) < 4.78 is 5.31. The number of amides is 1. The Bertz CT molecular complexity index is 329. The zero-order valence-corrected chi connectivity index (χ0v) is 15.2. The van der Waals surface area contributed by atoms with Crippen molar-refractivity contribution in [1.29, 1.82) is 0 Å². The zero-order chi connectivity index (χ0) is 16.5. The van der Waals surface area contributed by atoms with Crippen LogP contribution in [-0.2, 0) is 14.3 Å². The van der Waals surface area contributed by atoms with Crippen molar-refractivity contribution >= 4 is 20.0 Å². The van der Waals surface area contributed by atoms with E-state index < -0.39 is 20.2 Å². The summed E-state index contributed by atoms with van der Waals surface area (Å²) in [4.78, 5) is 24.0. The lowest BCUT2D eigenvalue weighted by molar-refractivity contribution is -0.147. The molecule has 0 rings (SSSR count). The monoisotopic (exact) mass is 316 g/mol. The van der Waals surface area contributed by atoms with Crippen LogP contribution in [-0.4, -0.2) is 38.6 Å². The summed E-state index contributed by atoms with van der Waals surface area (Å²) in [6.07, 6.45) is 2.84. The molecule has 6 heteroatoms. The summed E-state index contributed by atoms with van der Waals surface area (Å²) in [5.41, 5.74) is 5.77. The number of hydrogen-bond donors (Lipinski definition) is 2. The normalized spacial score (nSPS) is 14.4. The molecule has 0 unspecified atom stereocenters. The van der Waals surface area contributed by atoms with Gasteiger partial charge in [0.1, 0.15) is 6.04 Å². The maximum atomic E-state index is 12.1. The first-order chi connectivity index (χ1) is 9.71. The summed E-state index contributed by atoms with van der Waals surface area (Å²) >= 11 is 0. The van der Waals surface area contributed by atoms with E-state index in [2.05, 4.69) is 25.0 Å². The molecule has 0 aliphatic carbocycles. The molecule has 0 aliphatic heterocycles. The molecule has 0 aliphatic rings. The van der Waals surface area contributed by atoms with Crippen LogP contribution in [0.4, 0.5) is 0 Å². The lowest BCUT2D eigenvalue weighted by Crippen LogP contribution is -2.49. The molecule has 0 fully saturated rings. The Morgan fingerprint density at radius 2 is 1.71 bits per heavy atom. The third-order valence-electron chi connectivity index (χ3n) is 3.21. The van der Waals surface area contributed by atoms with E-state index in [1.807, 2.05) is 13.8 Å². The standard InChI is InChI=1S/C15H32N2O3Si/c1-6-8-12(16)14(18)17-13(9-7-2)15(19)20-10-11-21(3,4)5/h12-13H,6-11,16H2,1-5H3,(H,17,18)/t12-,13+/m1/s1. The zero-order valence-electron chi connectivity index (χ0n) is 14.2. The number of nitrogens with one attached hydrogen (secondary N) is 1. The fraction of sp³-hybridized carbons (Fsp3) is 0.867. The van der Waals surface area contributed by atoms with Gasteiger partial charge in [-0.2, -0.15) is 0 Å². The molecule has 5 nitrogen and oxygen atoms in total. The largest absolute Gasteiger partial charge is 0.464 e. The summed E-state index contributed by atoms with van der Waals surface area (Å²) in [5, 5.41) is 2.72. The van der Waals surface area contributed by atoms with Gasteiger partial charge in [0.05, 0.1) is 12.6 Å². The van der Waals surface area contributed by atoms with Crippen molar-refractivity contribution in [2.24, 2.45) is 5.73 Å². The number of carbonyl (C=O) groups excluding carboxylic acids is 2. The van der Waals surface area contributed by atoms with Crippen LogP contribution >= 0.6 is 0 Å². The maximum Gasteiger partial charge on any atom is 0.328 e. The Morgan fingerprint density at radius 3 is 2.19 bits per heavy atom. The van der Waals surface area contributed by atoms with Crippen LogP contribution in [0, 0.1) is 0 Å². The SMILES string of the molecule is CCC[C@@H](N)C(=O)N[C@@H](CCC)C(=O)OCC[Si](C)(C)C. The third-order valence-corrected chi connectivity index (χ3v) is 4.92. The molecule has 1 amide bonds. The van der Waals surface area contributed by atoms with Crippen LogP contribution in [0.1, 0.15) is 39.5 Å². The maximum absolute atomic E-state index is 12.1. The van der Waals surface area contributed by atoms with E-state index in [0.29, 0.717) is 19.4 Å². The number of rotatable bonds is 10. The molecular weight excluding hydrogens is 284 g/mol. The van der Waals surface area contributed by atoms with E-state index in [1.54, 1.807) is 0 Å². The molecular formula is C15H32N2O3Si. The van der Waals surface area contributed by atoms with Crippen molar-refractivity contribution in [2.75, 3.05) is 6.61 Å². The molecule has 0 aromatic heterocycles. The van der Waals surface area contributed by atoms with Gasteiger partial charge in [0.2, 0.25) is 5.91 Å². The second kappa shape index (κ2) is 9.95. The predicted octanol–water partition coefficient (Wildman–Crippen LogP) is 2.28. The molecule has 0 spiro atoms. The number of hydrogen-bond acceptors (Lipinski definition) is 4. The van der Waals surface area contributed by atoms with Gasteiger partial charge in [-0.3, -0.25) is 4.79 Å². The Kier molecular flexibility index (Phi) is 9.53. The van der Waals surface area contributed by atoms with Crippen LogP contribution in [0.5, 0.6) is 0 Å². The van der Waals surface area contributed by atoms with Crippen molar-refractivity contribution in [3.05, 3.63) is 0 Å². The van der Waals surface area contributed by atoms with Crippen LogP contribution in [0.15, 0.2) is 0 Å². The highest BCUT2D eigenvalue weighted by Crippen LogP contribution is 2.09. The molecule has 0 saturated carbocycles. The molecule has 0 aromatic rings. The number of carbonyl (C=O) groups is 2. The highest BCUT2D eigenvalue weighted by atomic mass is 28.3. The highest BCUT2D eigenvalue weighted by Gasteiger charge is 2.24. The first-order valence-corrected chi connectivity index (χ1v) is 11.6. The minimum atomic E-state index is -1.22. The first kappa shape index (κ1) is 20.1. The smallest absolute Gasteiger partial charge is 0.328 e. The van der Waals surface area contributed by atoms with Crippen LogP contribution in [0.2, 0.25) is 25.7 Å². The lowest BCUT2D eigenvalue weighted by Gasteiger charge is -2.21. The molecule has 21 heavy (non-hydrogen) atoms. The number of esters is 1. The highest BCUT2D eigenvalue weighted by molar-refractivity contribution is 6.76. The molecule has 124 valence electrons. The van der Waals surface area contributed by atoms with Gasteiger partial charge in [-0.1, -0.05) is 46.3 Å². The van der Waals surface area contributed by atoms with Gasteiger partial charge in [-0.25, -0.2) is 4.79 Å². The summed E-state index contributed by atoms with van der Waals surface area (Å²) in [5.74, 6) is -0.607. The summed E-state index contributed by atoms with van der Waals surface area (Å²) in [6, 6.07) is -0.197. The molecule has 0 saturated heterocycles. The Hall–Kier alpha value is -0.883. The number of nitrogens with two attached hydrogens (primary N) is 1. The predicted molar refractivity (Wildman–Crippen MR) is 88.8 cm³/mol. The quantitative estimate of drug-likeness (QED) is 0.478. The van der Waals surface area contributed by atoms with E-state index >= 15 is 0 Å². The van der Waals surface area contributed by atoms with Gasteiger partial charge in [0.25, 0.3) is 0 Å². The summed E-state index contributed by atoms with van der Waals surface area (Å²) in [6.45, 7) is 11.1. The minimum Gasteiger partial charge on any atom is -0.464 e. The third kappa shape index (κ3) is 9.63. The van der Waals surface area contributed by atoms with Crippen LogP contribution < -0.4 is 11.1 Å². The molecule has 0 aromatic carbocycles. The molecule has 0 bridgehead atoms. The van der Waals surface area contributed by atoms with Crippen molar-refractivity contribution in [3.8, 4) is 0 Å². The lowest BCUT2D eigenvalue weighted by atomic mass is 10.1. The van der Waals surface area contributed by atoms with Gasteiger partial charge < -0.3 is 15.8 Å². The fourth-order valence-electron chi connectivity index (χ4n) is 1.82. The second-order valence-electron chi connectivity index (χ2n) is 6.72. The average Bonchev–Trinajstić information content (AvgIpc) is 2.36. The van der Waals surface area contributed by atoms with E-state index in [0.717, 1.165) is 18.9 Å². The van der Waals surface area contributed by atoms with E-state index in [9.17, 15) is 9.59 Å².